The van der Waals surface area contributed by atoms with Crippen LogP contribution in [0.4, 0.5) is 0 Å². The molecule has 0 bridgehead atoms. The van der Waals surface area contributed by atoms with Crippen molar-refractivity contribution in [3.05, 3.63) is 192 Å². The highest BCUT2D eigenvalue weighted by Crippen LogP contribution is 2.42. The molecule has 0 aliphatic heterocycles. The number of nitrogens with one attached hydrogen (secondary N) is 1. The van der Waals surface area contributed by atoms with Gasteiger partial charge >= 0.3 is 0 Å². The highest BCUT2D eigenvalue weighted by atomic mass is 15.1. The molecule has 5 heteroatoms. The van der Waals surface area contributed by atoms with Crippen LogP contribution in [0.5, 0.6) is 0 Å². The first-order valence-electron chi connectivity index (χ1n) is 20.9. The molecule has 0 saturated carbocycles. The van der Waals surface area contributed by atoms with Crippen molar-refractivity contribution in [1.29, 1.82) is 0 Å². The maximum absolute atomic E-state index is 5.64. The van der Waals surface area contributed by atoms with Crippen LogP contribution in [0.25, 0.3) is 88.7 Å². The van der Waals surface area contributed by atoms with E-state index in [1.807, 2.05) is 6.20 Å². The summed E-state index contributed by atoms with van der Waals surface area (Å²) in [6.45, 7) is 11.3. The Hall–Kier alpha value is -7.24. The fraction of sp³-hybridized carbons (Fsp3) is 0.127. The topological polar surface area (TPSA) is 51.4 Å². The molecule has 0 unspecified atom stereocenters. The van der Waals surface area contributed by atoms with Gasteiger partial charge in [-0.2, -0.15) is 0 Å². The van der Waals surface area contributed by atoms with E-state index in [0.717, 1.165) is 67.1 Å². The lowest BCUT2D eigenvalue weighted by Crippen LogP contribution is -2.18. The van der Waals surface area contributed by atoms with Crippen LogP contribution in [0, 0.1) is 6.92 Å². The van der Waals surface area contributed by atoms with E-state index in [1.165, 1.54) is 43.8 Å². The van der Waals surface area contributed by atoms with E-state index < -0.39 is 0 Å². The largest absolute Gasteiger partial charge is 0.354 e. The average Bonchev–Trinajstić information content (AvgIpc) is 3.97. The van der Waals surface area contributed by atoms with Crippen molar-refractivity contribution in [2.75, 3.05) is 0 Å². The zero-order valence-corrected chi connectivity index (χ0v) is 34.5. The Morgan fingerprint density at radius 2 is 1.30 bits per heavy atom. The van der Waals surface area contributed by atoms with Crippen molar-refractivity contribution < 1.29 is 0 Å². The first kappa shape index (κ1) is 35.9. The Balaban J connectivity index is 1.18. The Morgan fingerprint density at radius 1 is 0.583 bits per heavy atom. The van der Waals surface area contributed by atoms with Gasteiger partial charge in [0.2, 0.25) is 0 Å². The number of benzene rings is 7. The molecule has 7 aromatic carbocycles. The minimum Gasteiger partial charge on any atom is -0.354 e. The molecule has 0 radical (unpaired) electrons. The lowest BCUT2D eigenvalue weighted by atomic mass is 9.78. The second-order valence-corrected chi connectivity index (χ2v) is 17.0. The van der Waals surface area contributed by atoms with Gasteiger partial charge in [0, 0.05) is 55.5 Å². The van der Waals surface area contributed by atoms with Gasteiger partial charge in [0.05, 0.1) is 27.6 Å². The second kappa shape index (κ2) is 13.7. The molecule has 11 rings (SSSR count). The number of H-pyrrole nitrogens is 1. The van der Waals surface area contributed by atoms with Crippen LogP contribution in [0.2, 0.25) is 0 Å². The molecule has 0 aliphatic rings. The summed E-state index contributed by atoms with van der Waals surface area (Å²) in [6.07, 6.45) is 1.96. The van der Waals surface area contributed by atoms with Gasteiger partial charge in [-0.05, 0) is 89.2 Å². The SMILES string of the molecule is Cc1ccc(-c2ccc3c4ccc(C(C)(C)c5ccccc5)cc4n(-c4cc(C(C)C)ccn4)c3c2)c2nc(-c3cccc4c3[nH]c3ccccc34)n(-c3ccccc3)c12. The third kappa shape index (κ3) is 5.53. The first-order valence-corrected chi connectivity index (χ1v) is 20.9. The standard InChI is InChI=1S/C55H45N5/c1-34(2)36-29-30-56-50(32-36)60-48-31-37(24-27-43(48)44-28-25-39(33-49(44)60)55(4,5)38-15-8-6-9-16-38)41-26-23-35(3)53-52(41)58-54(59(53)40-17-10-7-11-18-40)46-21-14-20-45-42-19-12-13-22-47(42)57-51(45)46/h6-34,57H,1-5H3. The predicted octanol–water partition coefficient (Wildman–Crippen LogP) is 14.2. The predicted molar refractivity (Wildman–Crippen MR) is 251 cm³/mol. The average molecular weight is 776 g/mol. The number of hydrogen-bond donors (Lipinski definition) is 1. The minimum atomic E-state index is -0.199. The summed E-state index contributed by atoms with van der Waals surface area (Å²) in [5.74, 6) is 2.19. The third-order valence-electron chi connectivity index (χ3n) is 12.8. The molecule has 0 aliphatic carbocycles. The molecular weight excluding hydrogens is 731 g/mol. The Kier molecular flexibility index (Phi) is 8.18. The number of imidazole rings is 1. The molecule has 11 aromatic rings. The van der Waals surface area contributed by atoms with E-state index in [0.29, 0.717) is 5.92 Å². The van der Waals surface area contributed by atoms with Crippen LogP contribution in [0.1, 0.15) is 55.9 Å². The number of aryl methyl sites for hydroxylation is 1. The summed E-state index contributed by atoms with van der Waals surface area (Å²) < 4.78 is 4.72. The summed E-state index contributed by atoms with van der Waals surface area (Å²) in [5, 5.41) is 4.80. The number of fused-ring (bicyclic) bond motifs is 7. The maximum Gasteiger partial charge on any atom is 0.147 e. The van der Waals surface area contributed by atoms with E-state index in [1.54, 1.807) is 0 Å². The zero-order valence-electron chi connectivity index (χ0n) is 34.5. The van der Waals surface area contributed by atoms with Gasteiger partial charge in [-0.1, -0.05) is 143 Å². The number of aromatic nitrogens is 5. The van der Waals surface area contributed by atoms with Crippen LogP contribution in [-0.4, -0.2) is 24.1 Å². The monoisotopic (exact) mass is 775 g/mol. The lowest BCUT2D eigenvalue weighted by Gasteiger charge is -2.26. The molecule has 0 saturated heterocycles. The number of pyridine rings is 1. The van der Waals surface area contributed by atoms with Gasteiger partial charge in [-0.3, -0.25) is 9.13 Å². The van der Waals surface area contributed by atoms with Gasteiger partial charge in [0.1, 0.15) is 11.6 Å². The van der Waals surface area contributed by atoms with Crippen molar-refractivity contribution in [3.8, 4) is 34.0 Å². The molecule has 0 spiro atoms. The molecule has 0 atom stereocenters. The van der Waals surface area contributed by atoms with Crippen LogP contribution in [0.15, 0.2) is 170 Å². The summed E-state index contributed by atoms with van der Waals surface area (Å²) in [4.78, 5) is 14.4. The van der Waals surface area contributed by atoms with Crippen molar-refractivity contribution in [2.24, 2.45) is 0 Å². The van der Waals surface area contributed by atoms with E-state index in [4.69, 9.17) is 9.97 Å². The normalized spacial score (nSPS) is 12.2. The number of hydrogen-bond acceptors (Lipinski definition) is 2. The summed E-state index contributed by atoms with van der Waals surface area (Å²) >= 11 is 0. The minimum absolute atomic E-state index is 0.199. The van der Waals surface area contributed by atoms with Crippen LogP contribution in [0.3, 0.4) is 0 Å². The lowest BCUT2D eigenvalue weighted by molar-refractivity contribution is 0.641. The summed E-state index contributed by atoms with van der Waals surface area (Å²) in [5.41, 5.74) is 15.6. The van der Waals surface area contributed by atoms with Crippen molar-refractivity contribution in [3.63, 3.8) is 0 Å². The summed E-state index contributed by atoms with van der Waals surface area (Å²) in [6, 6.07) is 59.3. The maximum atomic E-state index is 5.64. The number of para-hydroxylation sites is 3. The Labute approximate surface area is 349 Å². The Bertz CT molecular complexity index is 3440. The number of nitrogens with zero attached hydrogens (tertiary/aromatic N) is 4. The molecule has 0 fully saturated rings. The highest BCUT2D eigenvalue weighted by Gasteiger charge is 2.26. The van der Waals surface area contributed by atoms with Gasteiger partial charge in [-0.25, -0.2) is 9.97 Å². The molecule has 4 heterocycles. The molecule has 5 nitrogen and oxygen atoms in total. The van der Waals surface area contributed by atoms with E-state index in [2.05, 4.69) is 213 Å². The molecule has 0 amide bonds. The Morgan fingerprint density at radius 3 is 2.10 bits per heavy atom. The van der Waals surface area contributed by atoms with E-state index in [9.17, 15) is 0 Å². The fourth-order valence-corrected chi connectivity index (χ4v) is 9.40. The van der Waals surface area contributed by atoms with Gasteiger partial charge in [-0.15, -0.1) is 0 Å². The molecular formula is C55H45N5. The van der Waals surface area contributed by atoms with E-state index >= 15 is 0 Å². The first-order chi connectivity index (χ1) is 29.3. The third-order valence-corrected chi connectivity index (χ3v) is 12.8. The second-order valence-electron chi connectivity index (χ2n) is 17.0. The molecule has 4 aromatic heterocycles. The van der Waals surface area contributed by atoms with Crippen LogP contribution >= 0.6 is 0 Å². The van der Waals surface area contributed by atoms with Gasteiger partial charge in [0.25, 0.3) is 0 Å². The van der Waals surface area contributed by atoms with Gasteiger partial charge < -0.3 is 4.98 Å². The number of aromatic amines is 1. The van der Waals surface area contributed by atoms with Crippen LogP contribution < -0.4 is 0 Å². The fourth-order valence-electron chi connectivity index (χ4n) is 9.40. The van der Waals surface area contributed by atoms with Crippen molar-refractivity contribution in [1.82, 2.24) is 24.1 Å². The summed E-state index contributed by atoms with van der Waals surface area (Å²) in [7, 11) is 0. The van der Waals surface area contributed by atoms with Gasteiger partial charge in [0.15, 0.2) is 0 Å². The molecule has 290 valence electrons. The highest BCUT2D eigenvalue weighted by molar-refractivity contribution is 6.13. The molecule has 1 N–H and O–H groups in total. The van der Waals surface area contributed by atoms with Crippen molar-refractivity contribution in [2.45, 2.75) is 46.0 Å². The smallest absolute Gasteiger partial charge is 0.147 e. The zero-order chi connectivity index (χ0) is 40.7. The van der Waals surface area contributed by atoms with Crippen molar-refractivity contribution >= 4 is 54.6 Å². The van der Waals surface area contributed by atoms with Crippen LogP contribution in [-0.2, 0) is 5.41 Å². The molecule has 60 heavy (non-hydrogen) atoms. The quantitative estimate of drug-likeness (QED) is 0.175. The number of rotatable bonds is 7. The van der Waals surface area contributed by atoms with E-state index in [-0.39, 0.29) is 5.41 Å².